The zero-order valence-electron chi connectivity index (χ0n) is 10.6. The maximum atomic E-state index is 11.4. The Morgan fingerprint density at radius 2 is 2.44 bits per heavy atom. The number of nitrogens with zero attached hydrogens (tertiary/aromatic N) is 3. The first-order valence-corrected chi connectivity index (χ1v) is 5.96. The zero-order valence-corrected chi connectivity index (χ0v) is 10.6. The molecule has 0 bridgehead atoms. The van der Waals surface area contributed by atoms with Crippen molar-refractivity contribution in [3.05, 3.63) is 11.7 Å². The van der Waals surface area contributed by atoms with Gasteiger partial charge in [-0.05, 0) is 0 Å². The lowest BCUT2D eigenvalue weighted by atomic mass is 10.2. The average Bonchev–Trinajstić information content (AvgIpc) is 2.86. The first-order chi connectivity index (χ1) is 8.72. The fraction of sp³-hybridized carbons (Fsp3) is 0.727. The first-order valence-electron chi connectivity index (χ1n) is 5.96. The van der Waals surface area contributed by atoms with Crippen molar-refractivity contribution >= 4 is 5.97 Å². The summed E-state index contributed by atoms with van der Waals surface area (Å²) < 4.78 is 15.1. The minimum Gasteiger partial charge on any atom is -0.467 e. The minimum atomic E-state index is -0.527. The van der Waals surface area contributed by atoms with E-state index in [-0.39, 0.29) is 5.97 Å². The molecule has 18 heavy (non-hydrogen) atoms. The van der Waals surface area contributed by atoms with Crippen LogP contribution in [0.25, 0.3) is 0 Å². The number of morpholine rings is 1. The van der Waals surface area contributed by atoms with E-state index in [0.29, 0.717) is 31.4 Å². The predicted octanol–water partition coefficient (Wildman–Crippen LogP) is 0.00580. The molecule has 0 spiro atoms. The Kier molecular flexibility index (Phi) is 4.27. The minimum absolute atomic E-state index is 0.345. The highest BCUT2D eigenvalue weighted by atomic mass is 16.6. The summed E-state index contributed by atoms with van der Waals surface area (Å²) >= 11 is 0. The molecule has 0 amide bonds. The summed E-state index contributed by atoms with van der Waals surface area (Å²) in [5.41, 5.74) is 0. The standard InChI is InChI=1S/C11H17N3O4/c1-3-10-12-9(13-18-10)7-14-4-5-17-8(6-14)11(15)16-2/h8H,3-7H2,1-2H3. The van der Waals surface area contributed by atoms with Gasteiger partial charge in [0.2, 0.25) is 5.89 Å². The molecule has 1 unspecified atom stereocenters. The molecule has 1 saturated heterocycles. The molecule has 1 atom stereocenters. The molecule has 2 rings (SSSR count). The number of esters is 1. The van der Waals surface area contributed by atoms with E-state index < -0.39 is 6.10 Å². The second-order valence-electron chi connectivity index (χ2n) is 4.08. The van der Waals surface area contributed by atoms with Crippen LogP contribution in [0.5, 0.6) is 0 Å². The third-order valence-electron chi connectivity index (χ3n) is 2.79. The molecule has 0 N–H and O–H groups in total. The second-order valence-corrected chi connectivity index (χ2v) is 4.08. The molecule has 0 aliphatic carbocycles. The quantitative estimate of drug-likeness (QED) is 0.701. The highest BCUT2D eigenvalue weighted by Crippen LogP contribution is 2.10. The molecule has 0 aromatic carbocycles. The SMILES string of the molecule is CCc1nc(CN2CCOC(C(=O)OC)C2)no1. The Morgan fingerprint density at radius 3 is 3.11 bits per heavy atom. The van der Waals surface area contributed by atoms with Gasteiger partial charge < -0.3 is 14.0 Å². The van der Waals surface area contributed by atoms with Gasteiger partial charge in [0, 0.05) is 19.5 Å². The van der Waals surface area contributed by atoms with Gasteiger partial charge in [0.25, 0.3) is 0 Å². The van der Waals surface area contributed by atoms with Gasteiger partial charge in [-0.2, -0.15) is 4.98 Å². The highest BCUT2D eigenvalue weighted by molar-refractivity contribution is 5.74. The lowest BCUT2D eigenvalue weighted by Crippen LogP contribution is -2.46. The maximum Gasteiger partial charge on any atom is 0.336 e. The molecule has 1 aromatic heterocycles. The van der Waals surface area contributed by atoms with Crippen LogP contribution in [0.3, 0.4) is 0 Å². The number of carbonyl (C=O) groups excluding carboxylic acids is 1. The number of hydrogen-bond donors (Lipinski definition) is 0. The summed E-state index contributed by atoms with van der Waals surface area (Å²) in [6.45, 7) is 4.24. The lowest BCUT2D eigenvalue weighted by Gasteiger charge is -2.30. The van der Waals surface area contributed by atoms with Gasteiger partial charge in [0.15, 0.2) is 11.9 Å². The zero-order chi connectivity index (χ0) is 13.0. The van der Waals surface area contributed by atoms with Crippen LogP contribution < -0.4 is 0 Å². The van der Waals surface area contributed by atoms with Gasteiger partial charge >= 0.3 is 5.97 Å². The Labute approximate surface area is 105 Å². The van der Waals surface area contributed by atoms with Gasteiger partial charge in [-0.15, -0.1) is 0 Å². The largest absolute Gasteiger partial charge is 0.467 e. The Bertz CT molecular complexity index is 407. The van der Waals surface area contributed by atoms with Crippen molar-refractivity contribution < 1.29 is 18.8 Å². The van der Waals surface area contributed by atoms with Gasteiger partial charge in [-0.1, -0.05) is 12.1 Å². The average molecular weight is 255 g/mol. The number of aryl methyl sites for hydroxylation is 1. The summed E-state index contributed by atoms with van der Waals surface area (Å²) in [7, 11) is 1.36. The van der Waals surface area contributed by atoms with Crippen LogP contribution in [-0.2, 0) is 27.2 Å². The molecule has 0 saturated carbocycles. The molecule has 1 aliphatic heterocycles. The number of carbonyl (C=O) groups is 1. The smallest absolute Gasteiger partial charge is 0.336 e. The van der Waals surface area contributed by atoms with Gasteiger partial charge in [0.05, 0.1) is 20.3 Å². The Balaban J connectivity index is 1.91. The summed E-state index contributed by atoms with van der Waals surface area (Å²) in [5.74, 6) is 0.919. The van der Waals surface area contributed by atoms with Crippen LogP contribution >= 0.6 is 0 Å². The Morgan fingerprint density at radius 1 is 1.61 bits per heavy atom. The summed E-state index contributed by atoms with van der Waals surface area (Å²) in [6, 6.07) is 0. The van der Waals surface area contributed by atoms with Crippen molar-refractivity contribution in [2.45, 2.75) is 26.0 Å². The van der Waals surface area contributed by atoms with Crippen LogP contribution in [0, 0.1) is 0 Å². The Hall–Kier alpha value is -1.47. The topological polar surface area (TPSA) is 77.7 Å². The van der Waals surface area contributed by atoms with Crippen molar-refractivity contribution in [3.8, 4) is 0 Å². The van der Waals surface area contributed by atoms with Crippen molar-refractivity contribution in [2.24, 2.45) is 0 Å². The predicted molar refractivity (Wildman–Crippen MR) is 60.7 cm³/mol. The van der Waals surface area contributed by atoms with Crippen molar-refractivity contribution in [3.63, 3.8) is 0 Å². The molecule has 100 valence electrons. The van der Waals surface area contributed by atoms with E-state index in [1.165, 1.54) is 7.11 Å². The molecule has 1 fully saturated rings. The monoisotopic (exact) mass is 255 g/mol. The fourth-order valence-electron chi connectivity index (χ4n) is 1.82. The van der Waals surface area contributed by atoms with E-state index in [2.05, 4.69) is 19.8 Å². The van der Waals surface area contributed by atoms with Crippen LogP contribution in [0.2, 0.25) is 0 Å². The van der Waals surface area contributed by atoms with Crippen LogP contribution in [0.4, 0.5) is 0 Å². The van der Waals surface area contributed by atoms with Crippen LogP contribution in [0.15, 0.2) is 4.52 Å². The number of aromatic nitrogens is 2. The lowest BCUT2D eigenvalue weighted by molar-refractivity contribution is -0.160. The van der Waals surface area contributed by atoms with Crippen molar-refractivity contribution in [2.75, 3.05) is 26.8 Å². The third-order valence-corrected chi connectivity index (χ3v) is 2.79. The summed E-state index contributed by atoms with van der Waals surface area (Å²) in [5, 5.41) is 3.89. The molecule has 2 heterocycles. The molecular weight excluding hydrogens is 238 g/mol. The number of ether oxygens (including phenoxy) is 2. The third kappa shape index (κ3) is 3.05. The van der Waals surface area contributed by atoms with Gasteiger partial charge in [-0.3, -0.25) is 4.90 Å². The fourth-order valence-corrected chi connectivity index (χ4v) is 1.82. The number of hydrogen-bond acceptors (Lipinski definition) is 7. The number of rotatable bonds is 4. The van der Waals surface area contributed by atoms with E-state index in [1.807, 2.05) is 6.92 Å². The molecule has 7 nitrogen and oxygen atoms in total. The maximum absolute atomic E-state index is 11.4. The van der Waals surface area contributed by atoms with Crippen LogP contribution in [0.1, 0.15) is 18.6 Å². The summed E-state index contributed by atoms with van der Waals surface area (Å²) in [6.07, 6.45) is 0.197. The molecule has 7 heteroatoms. The molecule has 1 aliphatic rings. The molecular formula is C11H17N3O4. The first kappa shape index (κ1) is 13.0. The highest BCUT2D eigenvalue weighted by Gasteiger charge is 2.28. The van der Waals surface area contributed by atoms with Crippen LogP contribution in [-0.4, -0.2) is 53.9 Å². The van der Waals surface area contributed by atoms with Gasteiger partial charge in [-0.25, -0.2) is 4.79 Å². The van der Waals surface area contributed by atoms with E-state index in [9.17, 15) is 4.79 Å². The van der Waals surface area contributed by atoms with E-state index >= 15 is 0 Å². The molecule has 0 radical (unpaired) electrons. The normalized spacial score (nSPS) is 20.9. The van der Waals surface area contributed by atoms with Crippen molar-refractivity contribution in [1.29, 1.82) is 0 Å². The van der Waals surface area contributed by atoms with E-state index in [0.717, 1.165) is 13.0 Å². The number of methoxy groups -OCH3 is 1. The summed E-state index contributed by atoms with van der Waals surface area (Å²) in [4.78, 5) is 17.7. The van der Waals surface area contributed by atoms with E-state index in [4.69, 9.17) is 9.26 Å². The second kappa shape index (κ2) is 5.92. The van der Waals surface area contributed by atoms with E-state index in [1.54, 1.807) is 0 Å². The van der Waals surface area contributed by atoms with Gasteiger partial charge in [0.1, 0.15) is 0 Å². The van der Waals surface area contributed by atoms with Crippen molar-refractivity contribution in [1.82, 2.24) is 15.0 Å². The molecule has 1 aromatic rings.